The molecule has 1 rings (SSSR count). The number of rotatable bonds is 2. The molecule has 4 nitrogen and oxygen atoms in total. The van der Waals surface area contributed by atoms with Gasteiger partial charge in [-0.05, 0) is 12.8 Å². The number of primary amides is 1. The van der Waals surface area contributed by atoms with Crippen LogP contribution in [0, 0.1) is 17.4 Å². The third-order valence-electron chi connectivity index (χ3n) is 1.81. The Kier molecular flexibility index (Phi) is 1.76. The van der Waals surface area contributed by atoms with Gasteiger partial charge in [0.05, 0.1) is 0 Å². The number of nitrogens with zero attached hydrogens (tertiary/aromatic N) is 1. The van der Waals surface area contributed by atoms with Gasteiger partial charge in [0.2, 0.25) is 5.91 Å². The zero-order valence-electron chi connectivity index (χ0n) is 5.50. The Labute approximate surface area is 59.0 Å². The molecule has 4 heteroatoms. The highest BCUT2D eigenvalue weighted by Crippen LogP contribution is 2.26. The van der Waals surface area contributed by atoms with E-state index in [2.05, 4.69) is 5.32 Å². The molecular formula is C6H9N3O. The van der Waals surface area contributed by atoms with Gasteiger partial charge in [0, 0.05) is 12.0 Å². The SMILES string of the molecule is N#CNC1CC(C(N)=O)C1. The normalized spacial score (nSPS) is 29.9. The zero-order chi connectivity index (χ0) is 7.56. The summed E-state index contributed by atoms with van der Waals surface area (Å²) in [4.78, 5) is 10.4. The lowest BCUT2D eigenvalue weighted by Gasteiger charge is -2.31. The van der Waals surface area contributed by atoms with Crippen LogP contribution in [0.5, 0.6) is 0 Å². The number of nitrogens with one attached hydrogen (secondary N) is 1. The average Bonchev–Trinajstić information content (AvgIpc) is 1.76. The monoisotopic (exact) mass is 139 g/mol. The van der Waals surface area contributed by atoms with Crippen LogP contribution < -0.4 is 11.1 Å². The van der Waals surface area contributed by atoms with Crippen LogP contribution in [-0.4, -0.2) is 11.9 Å². The summed E-state index contributed by atoms with van der Waals surface area (Å²) in [5, 5.41) is 10.7. The van der Waals surface area contributed by atoms with Crippen LogP contribution in [0.4, 0.5) is 0 Å². The predicted octanol–water partition coefficient (Wildman–Crippen LogP) is -0.679. The van der Waals surface area contributed by atoms with Crippen molar-refractivity contribution in [2.75, 3.05) is 0 Å². The Balaban J connectivity index is 2.19. The second-order valence-corrected chi connectivity index (χ2v) is 2.52. The second kappa shape index (κ2) is 2.56. The van der Waals surface area contributed by atoms with Gasteiger partial charge in [-0.3, -0.25) is 4.79 Å². The van der Waals surface area contributed by atoms with Crippen LogP contribution in [0.1, 0.15) is 12.8 Å². The molecule has 1 saturated carbocycles. The number of hydrogen-bond donors (Lipinski definition) is 2. The number of hydrogen-bond acceptors (Lipinski definition) is 3. The standard InChI is InChI=1S/C6H9N3O/c7-3-9-5-1-4(2-5)6(8)10/h4-5,9H,1-2H2,(H2,8,10). The molecule has 1 amide bonds. The molecule has 0 aliphatic heterocycles. The van der Waals surface area contributed by atoms with Gasteiger partial charge in [0.1, 0.15) is 0 Å². The molecule has 0 radical (unpaired) electrons. The van der Waals surface area contributed by atoms with Gasteiger partial charge in [0.25, 0.3) is 0 Å². The Morgan fingerprint density at radius 3 is 2.70 bits per heavy atom. The molecule has 3 N–H and O–H groups in total. The van der Waals surface area contributed by atoms with Crippen molar-refractivity contribution < 1.29 is 4.79 Å². The summed E-state index contributed by atoms with van der Waals surface area (Å²) in [5.74, 6) is -0.262. The minimum absolute atomic E-state index is 0.00847. The first kappa shape index (κ1) is 6.87. The Bertz CT molecular complexity index is 178. The molecule has 10 heavy (non-hydrogen) atoms. The minimum Gasteiger partial charge on any atom is -0.369 e. The maximum Gasteiger partial charge on any atom is 0.220 e. The molecule has 0 atom stereocenters. The molecule has 0 aromatic carbocycles. The fraction of sp³-hybridized carbons (Fsp3) is 0.667. The number of nitrogens with two attached hydrogens (primary N) is 1. The third-order valence-corrected chi connectivity index (χ3v) is 1.81. The van der Waals surface area contributed by atoms with Crippen LogP contribution in [0.3, 0.4) is 0 Å². The first-order valence-corrected chi connectivity index (χ1v) is 3.18. The number of carbonyl (C=O) groups excluding carboxylic acids is 1. The topological polar surface area (TPSA) is 78.9 Å². The van der Waals surface area contributed by atoms with Crippen molar-refractivity contribution in [3.8, 4) is 6.19 Å². The van der Waals surface area contributed by atoms with Gasteiger partial charge in [-0.2, -0.15) is 5.26 Å². The first-order chi connectivity index (χ1) is 4.74. The van der Waals surface area contributed by atoms with Crippen molar-refractivity contribution in [3.05, 3.63) is 0 Å². The van der Waals surface area contributed by atoms with Crippen molar-refractivity contribution >= 4 is 5.91 Å². The molecule has 1 fully saturated rings. The molecule has 0 heterocycles. The lowest BCUT2D eigenvalue weighted by molar-refractivity contribution is -0.124. The van der Waals surface area contributed by atoms with E-state index in [0.29, 0.717) is 12.8 Å². The van der Waals surface area contributed by atoms with Crippen LogP contribution in [-0.2, 0) is 4.79 Å². The Hall–Kier alpha value is -1.24. The third kappa shape index (κ3) is 1.18. The molecule has 0 aromatic heterocycles. The van der Waals surface area contributed by atoms with Gasteiger partial charge in [-0.1, -0.05) is 0 Å². The maximum atomic E-state index is 10.4. The average molecular weight is 139 g/mol. The van der Waals surface area contributed by atoms with Crippen molar-refractivity contribution in [2.24, 2.45) is 11.7 Å². The number of amides is 1. The van der Waals surface area contributed by atoms with E-state index in [-0.39, 0.29) is 17.9 Å². The van der Waals surface area contributed by atoms with Crippen molar-refractivity contribution in [1.82, 2.24) is 5.32 Å². The summed E-state index contributed by atoms with van der Waals surface area (Å²) in [7, 11) is 0. The van der Waals surface area contributed by atoms with E-state index in [9.17, 15) is 4.79 Å². The summed E-state index contributed by atoms with van der Waals surface area (Å²) in [6.45, 7) is 0. The Morgan fingerprint density at radius 2 is 2.30 bits per heavy atom. The quantitative estimate of drug-likeness (QED) is 0.393. The van der Waals surface area contributed by atoms with E-state index in [4.69, 9.17) is 11.0 Å². The largest absolute Gasteiger partial charge is 0.369 e. The van der Waals surface area contributed by atoms with Crippen molar-refractivity contribution in [2.45, 2.75) is 18.9 Å². The van der Waals surface area contributed by atoms with Crippen LogP contribution >= 0.6 is 0 Å². The second-order valence-electron chi connectivity index (χ2n) is 2.52. The predicted molar refractivity (Wildman–Crippen MR) is 34.5 cm³/mol. The van der Waals surface area contributed by atoms with E-state index in [1.54, 1.807) is 0 Å². The fourth-order valence-corrected chi connectivity index (χ4v) is 1.06. The Morgan fingerprint density at radius 1 is 1.70 bits per heavy atom. The lowest BCUT2D eigenvalue weighted by atomic mass is 9.80. The summed E-state index contributed by atoms with van der Waals surface area (Å²) >= 11 is 0. The van der Waals surface area contributed by atoms with Gasteiger partial charge >= 0.3 is 0 Å². The number of carbonyl (C=O) groups is 1. The van der Waals surface area contributed by atoms with E-state index in [0.717, 1.165) is 0 Å². The first-order valence-electron chi connectivity index (χ1n) is 3.18. The van der Waals surface area contributed by atoms with Crippen LogP contribution in [0.25, 0.3) is 0 Å². The van der Waals surface area contributed by atoms with Crippen molar-refractivity contribution in [3.63, 3.8) is 0 Å². The molecule has 0 bridgehead atoms. The maximum absolute atomic E-state index is 10.4. The molecule has 1 aliphatic carbocycles. The van der Waals surface area contributed by atoms with Gasteiger partial charge in [-0.15, -0.1) is 0 Å². The van der Waals surface area contributed by atoms with E-state index in [1.165, 1.54) is 0 Å². The molecular weight excluding hydrogens is 130 g/mol. The summed E-state index contributed by atoms with van der Waals surface area (Å²) in [5.41, 5.74) is 5.01. The molecule has 0 spiro atoms. The summed E-state index contributed by atoms with van der Waals surface area (Å²) in [6, 6.07) is 0.183. The van der Waals surface area contributed by atoms with Crippen molar-refractivity contribution in [1.29, 1.82) is 5.26 Å². The number of nitriles is 1. The van der Waals surface area contributed by atoms with E-state index < -0.39 is 0 Å². The fourth-order valence-electron chi connectivity index (χ4n) is 1.06. The molecule has 0 unspecified atom stereocenters. The molecule has 0 aromatic rings. The van der Waals surface area contributed by atoms with Gasteiger partial charge < -0.3 is 11.1 Å². The van der Waals surface area contributed by atoms with Gasteiger partial charge in [-0.25, -0.2) is 0 Å². The highest BCUT2D eigenvalue weighted by molar-refractivity contribution is 5.77. The molecule has 1 aliphatic rings. The minimum atomic E-state index is -0.254. The van der Waals surface area contributed by atoms with E-state index >= 15 is 0 Å². The smallest absolute Gasteiger partial charge is 0.220 e. The van der Waals surface area contributed by atoms with Gasteiger partial charge in [0.15, 0.2) is 6.19 Å². The highest BCUT2D eigenvalue weighted by Gasteiger charge is 2.32. The van der Waals surface area contributed by atoms with E-state index in [1.807, 2.05) is 6.19 Å². The highest BCUT2D eigenvalue weighted by atomic mass is 16.1. The summed E-state index contributed by atoms with van der Waals surface area (Å²) in [6.07, 6.45) is 3.25. The zero-order valence-corrected chi connectivity index (χ0v) is 5.50. The van der Waals surface area contributed by atoms with Crippen LogP contribution in [0.15, 0.2) is 0 Å². The van der Waals surface area contributed by atoms with Crippen LogP contribution in [0.2, 0.25) is 0 Å². The lowest BCUT2D eigenvalue weighted by Crippen LogP contribution is -2.44. The summed E-state index contributed by atoms with van der Waals surface area (Å²) < 4.78 is 0. The molecule has 54 valence electrons. The molecule has 0 saturated heterocycles.